The Bertz CT molecular complexity index is 762. The van der Waals surface area contributed by atoms with Gasteiger partial charge in [-0.1, -0.05) is 6.07 Å². The molecule has 0 spiro atoms. The van der Waals surface area contributed by atoms with Gasteiger partial charge < -0.3 is 14.5 Å². The van der Waals surface area contributed by atoms with Crippen molar-refractivity contribution in [3.8, 4) is 5.75 Å². The van der Waals surface area contributed by atoms with Gasteiger partial charge in [-0.2, -0.15) is 0 Å². The lowest BCUT2D eigenvalue weighted by atomic mass is 10.1. The molecule has 3 rings (SSSR count). The summed E-state index contributed by atoms with van der Waals surface area (Å²) in [6.07, 6.45) is 2.68. The van der Waals surface area contributed by atoms with Crippen LogP contribution < -0.4 is 9.64 Å². The monoisotopic (exact) mass is 421 g/mol. The Hall–Kier alpha value is -2.15. The molecular weight excluding hydrogens is 401 g/mol. The second-order valence-corrected chi connectivity index (χ2v) is 7.09. The van der Waals surface area contributed by atoms with Gasteiger partial charge in [0.1, 0.15) is 5.82 Å². The minimum atomic E-state index is -0.395. The molecule has 1 aromatic carbocycles. The van der Waals surface area contributed by atoms with Gasteiger partial charge in [0.25, 0.3) is 0 Å². The molecule has 1 aliphatic heterocycles. The first-order valence-corrected chi connectivity index (χ1v) is 9.33. The van der Waals surface area contributed by atoms with Crippen molar-refractivity contribution in [3.63, 3.8) is 0 Å². The lowest BCUT2D eigenvalue weighted by Gasteiger charge is -2.35. The number of halogens is 2. The van der Waals surface area contributed by atoms with Crippen LogP contribution in [0.1, 0.15) is 12.0 Å². The molecule has 26 heavy (non-hydrogen) atoms. The third-order valence-electron chi connectivity index (χ3n) is 4.51. The van der Waals surface area contributed by atoms with E-state index in [2.05, 4.69) is 25.8 Å². The molecule has 0 atom stereocenters. The summed E-state index contributed by atoms with van der Waals surface area (Å²) in [5.41, 5.74) is 0.800. The highest BCUT2D eigenvalue weighted by Crippen LogP contribution is 2.20. The second-order valence-electron chi connectivity index (χ2n) is 6.17. The number of pyridine rings is 1. The molecule has 1 saturated heterocycles. The van der Waals surface area contributed by atoms with Gasteiger partial charge in [-0.05, 0) is 52.2 Å². The average Bonchev–Trinajstić information content (AvgIpc) is 2.67. The maximum absolute atomic E-state index is 13.7. The van der Waals surface area contributed by atoms with Crippen LogP contribution in [-0.4, -0.2) is 49.1 Å². The van der Waals surface area contributed by atoms with E-state index in [0.29, 0.717) is 25.9 Å². The Morgan fingerprint density at radius 3 is 2.62 bits per heavy atom. The quantitative estimate of drug-likeness (QED) is 0.742. The molecule has 5 nitrogen and oxygen atoms in total. The van der Waals surface area contributed by atoms with Gasteiger partial charge in [-0.3, -0.25) is 4.79 Å². The van der Waals surface area contributed by atoms with Crippen LogP contribution in [0.2, 0.25) is 0 Å². The predicted octanol–water partition coefficient (Wildman–Crippen LogP) is 3.27. The van der Waals surface area contributed by atoms with Crippen molar-refractivity contribution in [2.75, 3.05) is 38.2 Å². The van der Waals surface area contributed by atoms with E-state index >= 15 is 0 Å². The van der Waals surface area contributed by atoms with Crippen molar-refractivity contribution in [3.05, 3.63) is 52.4 Å². The molecule has 0 saturated carbocycles. The van der Waals surface area contributed by atoms with E-state index in [0.717, 1.165) is 28.9 Å². The van der Waals surface area contributed by atoms with Crippen LogP contribution in [0, 0.1) is 5.82 Å². The van der Waals surface area contributed by atoms with Crippen molar-refractivity contribution in [2.45, 2.75) is 12.8 Å². The van der Waals surface area contributed by atoms with Gasteiger partial charge >= 0.3 is 0 Å². The van der Waals surface area contributed by atoms with E-state index in [4.69, 9.17) is 4.74 Å². The zero-order valence-electron chi connectivity index (χ0n) is 14.6. The fraction of sp³-hybridized carbons (Fsp3) is 0.368. The molecule has 0 bridgehead atoms. The first kappa shape index (κ1) is 18.6. The maximum atomic E-state index is 13.7. The van der Waals surface area contributed by atoms with E-state index in [9.17, 15) is 9.18 Å². The molecule has 0 radical (unpaired) electrons. The number of aryl methyl sites for hydroxylation is 1. The molecule has 2 aromatic rings. The number of aromatic nitrogens is 1. The molecule has 0 unspecified atom stereocenters. The third-order valence-corrected chi connectivity index (χ3v) is 4.98. The number of ether oxygens (including phenoxy) is 1. The summed E-state index contributed by atoms with van der Waals surface area (Å²) >= 11 is 3.38. The third kappa shape index (κ3) is 4.52. The maximum Gasteiger partial charge on any atom is 0.223 e. The van der Waals surface area contributed by atoms with Crippen LogP contribution in [0.4, 0.5) is 10.2 Å². The van der Waals surface area contributed by atoms with Gasteiger partial charge in [0.2, 0.25) is 5.91 Å². The number of amides is 1. The highest BCUT2D eigenvalue weighted by atomic mass is 79.9. The number of carbonyl (C=O) groups excluding carboxylic acids is 1. The van der Waals surface area contributed by atoms with Crippen molar-refractivity contribution in [1.29, 1.82) is 0 Å². The number of hydrogen-bond acceptors (Lipinski definition) is 4. The Labute approximate surface area is 160 Å². The molecule has 2 heterocycles. The number of hydrogen-bond donors (Lipinski definition) is 0. The normalized spacial score (nSPS) is 14.4. The number of anilines is 1. The minimum Gasteiger partial charge on any atom is -0.494 e. The molecule has 0 N–H and O–H groups in total. The summed E-state index contributed by atoms with van der Waals surface area (Å²) in [7, 11) is 1.44. The standard InChI is InChI=1S/C19H21BrFN3O2/c1-26-17-5-2-14(12-16(17)21)3-7-19(25)24-10-8-23(9-11-24)18-6-4-15(20)13-22-18/h2,4-6,12-13H,3,7-11H2,1H3. The van der Waals surface area contributed by atoms with Crippen LogP contribution >= 0.6 is 15.9 Å². The van der Waals surface area contributed by atoms with Gasteiger partial charge in [0, 0.05) is 43.3 Å². The zero-order valence-corrected chi connectivity index (χ0v) is 16.2. The summed E-state index contributed by atoms with van der Waals surface area (Å²) in [6, 6.07) is 8.77. The van der Waals surface area contributed by atoms with Gasteiger partial charge in [-0.15, -0.1) is 0 Å². The van der Waals surface area contributed by atoms with Crippen LogP contribution in [0.25, 0.3) is 0 Å². The second kappa shape index (κ2) is 8.49. The summed E-state index contributed by atoms with van der Waals surface area (Å²) in [6.45, 7) is 2.87. The highest BCUT2D eigenvalue weighted by molar-refractivity contribution is 9.10. The fourth-order valence-electron chi connectivity index (χ4n) is 3.01. The number of carbonyl (C=O) groups is 1. The first-order chi connectivity index (χ1) is 12.6. The Morgan fingerprint density at radius 1 is 1.23 bits per heavy atom. The molecule has 1 aromatic heterocycles. The summed E-state index contributed by atoms with van der Waals surface area (Å²) in [5.74, 6) is 0.851. The Kier molecular flexibility index (Phi) is 6.08. The van der Waals surface area contributed by atoms with Crippen LogP contribution in [0.15, 0.2) is 41.0 Å². The number of methoxy groups -OCH3 is 1. The highest BCUT2D eigenvalue weighted by Gasteiger charge is 2.21. The first-order valence-electron chi connectivity index (χ1n) is 8.53. The van der Waals surface area contributed by atoms with E-state index in [1.54, 1.807) is 18.3 Å². The van der Waals surface area contributed by atoms with E-state index in [-0.39, 0.29) is 11.7 Å². The molecular formula is C19H21BrFN3O2. The van der Waals surface area contributed by atoms with E-state index < -0.39 is 5.82 Å². The summed E-state index contributed by atoms with van der Waals surface area (Å²) in [4.78, 5) is 20.9. The van der Waals surface area contributed by atoms with Crippen LogP contribution in [0.3, 0.4) is 0 Å². The van der Waals surface area contributed by atoms with Crippen molar-refractivity contribution >= 4 is 27.7 Å². The molecule has 1 aliphatic rings. The van der Waals surface area contributed by atoms with E-state index in [1.165, 1.54) is 13.2 Å². The fourth-order valence-corrected chi connectivity index (χ4v) is 3.25. The molecule has 7 heteroatoms. The average molecular weight is 422 g/mol. The summed E-state index contributed by atoms with van der Waals surface area (Å²) in [5, 5.41) is 0. The zero-order chi connectivity index (χ0) is 18.5. The lowest BCUT2D eigenvalue weighted by molar-refractivity contribution is -0.131. The minimum absolute atomic E-state index is 0.102. The number of rotatable bonds is 5. The van der Waals surface area contributed by atoms with Crippen molar-refractivity contribution < 1.29 is 13.9 Å². The van der Waals surface area contributed by atoms with Gasteiger partial charge in [0.05, 0.1) is 7.11 Å². The number of benzene rings is 1. The van der Waals surface area contributed by atoms with Gasteiger partial charge in [-0.25, -0.2) is 9.37 Å². The largest absolute Gasteiger partial charge is 0.494 e. The topological polar surface area (TPSA) is 45.7 Å². The SMILES string of the molecule is COc1ccc(CCC(=O)N2CCN(c3ccc(Br)cn3)CC2)cc1F. The smallest absolute Gasteiger partial charge is 0.223 e. The lowest BCUT2D eigenvalue weighted by Crippen LogP contribution is -2.49. The Balaban J connectivity index is 1.49. The molecule has 1 fully saturated rings. The van der Waals surface area contributed by atoms with Crippen molar-refractivity contribution in [1.82, 2.24) is 9.88 Å². The van der Waals surface area contributed by atoms with Crippen LogP contribution in [0.5, 0.6) is 5.75 Å². The van der Waals surface area contributed by atoms with Crippen molar-refractivity contribution in [2.24, 2.45) is 0 Å². The number of nitrogens with zero attached hydrogens (tertiary/aromatic N) is 3. The molecule has 0 aliphatic carbocycles. The molecule has 138 valence electrons. The van der Waals surface area contributed by atoms with Gasteiger partial charge in [0.15, 0.2) is 11.6 Å². The Morgan fingerprint density at radius 2 is 2.00 bits per heavy atom. The molecule has 1 amide bonds. The summed E-state index contributed by atoms with van der Waals surface area (Å²) < 4.78 is 19.6. The van der Waals surface area contributed by atoms with E-state index in [1.807, 2.05) is 17.0 Å². The van der Waals surface area contributed by atoms with Crippen LogP contribution in [-0.2, 0) is 11.2 Å². The number of piperazine rings is 1. The predicted molar refractivity (Wildman–Crippen MR) is 102 cm³/mol.